The number of para-hydroxylation sites is 1. The van der Waals surface area contributed by atoms with E-state index in [1.807, 2.05) is 36.1 Å². The normalized spacial score (nSPS) is 13.8. The molecule has 2 aromatic carbocycles. The molecule has 1 aliphatic rings. The van der Waals surface area contributed by atoms with Gasteiger partial charge >= 0.3 is 6.03 Å². The van der Waals surface area contributed by atoms with E-state index in [9.17, 15) is 4.79 Å². The third kappa shape index (κ3) is 5.53. The molecule has 7 heteroatoms. The highest BCUT2D eigenvalue weighted by Crippen LogP contribution is 2.27. The molecule has 0 radical (unpaired) electrons. The van der Waals surface area contributed by atoms with Gasteiger partial charge in [-0.05, 0) is 53.9 Å². The zero-order valence-electron chi connectivity index (χ0n) is 19.4. The van der Waals surface area contributed by atoms with E-state index < -0.39 is 0 Å². The molecular formula is C26H30BrN5O. The van der Waals surface area contributed by atoms with E-state index in [1.165, 1.54) is 16.7 Å². The van der Waals surface area contributed by atoms with Gasteiger partial charge in [-0.3, -0.25) is 0 Å². The summed E-state index contributed by atoms with van der Waals surface area (Å²) in [7, 11) is 0. The number of carbonyl (C=O) groups is 1. The summed E-state index contributed by atoms with van der Waals surface area (Å²) in [6.07, 6.45) is 1.67. The molecule has 4 rings (SSSR count). The lowest BCUT2D eigenvalue weighted by atomic mass is 10.0. The number of nitrogens with zero attached hydrogens (tertiary/aromatic N) is 4. The maximum atomic E-state index is 12.8. The van der Waals surface area contributed by atoms with Crippen LogP contribution in [0.5, 0.6) is 0 Å². The summed E-state index contributed by atoms with van der Waals surface area (Å²) in [6.45, 7) is 8.98. The van der Waals surface area contributed by atoms with Gasteiger partial charge < -0.3 is 15.1 Å². The molecule has 2 heterocycles. The number of anilines is 2. The maximum Gasteiger partial charge on any atom is 0.321 e. The molecule has 0 spiro atoms. The van der Waals surface area contributed by atoms with Crippen LogP contribution in [0.15, 0.2) is 53.0 Å². The number of hydrogen-bond donors (Lipinski definition) is 1. The van der Waals surface area contributed by atoms with Crippen LogP contribution in [0.25, 0.3) is 0 Å². The highest BCUT2D eigenvalue weighted by Gasteiger charge is 2.25. The molecule has 6 nitrogen and oxygen atoms in total. The van der Waals surface area contributed by atoms with Crippen molar-refractivity contribution in [1.29, 1.82) is 0 Å². The number of rotatable bonds is 5. The minimum absolute atomic E-state index is 0.0745. The fraction of sp³-hybridized carbons (Fsp3) is 0.346. The van der Waals surface area contributed by atoms with Gasteiger partial charge in [-0.25, -0.2) is 14.8 Å². The van der Waals surface area contributed by atoms with E-state index in [2.05, 4.69) is 64.3 Å². The molecule has 0 aliphatic carbocycles. The van der Waals surface area contributed by atoms with Gasteiger partial charge in [0, 0.05) is 48.3 Å². The summed E-state index contributed by atoms with van der Waals surface area (Å²) >= 11 is 3.49. The molecule has 0 atom stereocenters. The Labute approximate surface area is 204 Å². The molecule has 172 valence electrons. The first-order chi connectivity index (χ1) is 15.9. The van der Waals surface area contributed by atoms with Crippen LogP contribution in [0.3, 0.4) is 0 Å². The summed E-state index contributed by atoms with van der Waals surface area (Å²) in [5, 5.41) is 3.01. The molecule has 0 unspecified atom stereocenters. The molecule has 1 saturated heterocycles. The van der Waals surface area contributed by atoms with Crippen LogP contribution in [0.2, 0.25) is 0 Å². The number of benzene rings is 2. The monoisotopic (exact) mass is 507 g/mol. The molecule has 1 fully saturated rings. The second-order valence-corrected chi connectivity index (χ2v) is 9.27. The fourth-order valence-corrected chi connectivity index (χ4v) is 4.54. The second kappa shape index (κ2) is 10.3. The van der Waals surface area contributed by atoms with Crippen LogP contribution in [-0.4, -0.2) is 47.1 Å². The number of aryl methyl sites for hydroxylation is 3. The number of carbonyl (C=O) groups excluding carboxylic acids is 1. The Morgan fingerprint density at radius 3 is 2.36 bits per heavy atom. The van der Waals surface area contributed by atoms with Crippen molar-refractivity contribution in [3.05, 3.63) is 81.2 Å². The van der Waals surface area contributed by atoms with Crippen molar-refractivity contribution in [3.63, 3.8) is 0 Å². The molecule has 0 bridgehead atoms. The zero-order chi connectivity index (χ0) is 23.4. The van der Waals surface area contributed by atoms with E-state index in [0.29, 0.717) is 13.1 Å². The number of amides is 2. The Morgan fingerprint density at radius 2 is 1.70 bits per heavy atom. The number of nitrogens with one attached hydrogen (secondary N) is 1. The predicted molar refractivity (Wildman–Crippen MR) is 137 cm³/mol. The Hall–Kier alpha value is -2.93. The van der Waals surface area contributed by atoms with E-state index >= 15 is 0 Å². The number of urea groups is 1. The van der Waals surface area contributed by atoms with Gasteiger partial charge in [0.05, 0.1) is 5.69 Å². The average molecular weight is 508 g/mol. The van der Waals surface area contributed by atoms with Crippen molar-refractivity contribution in [2.75, 3.05) is 36.4 Å². The minimum atomic E-state index is -0.0745. The van der Waals surface area contributed by atoms with Crippen LogP contribution < -0.4 is 10.2 Å². The first-order valence-corrected chi connectivity index (χ1v) is 12.2. The standard InChI is InChI=1S/C26H30BrN5O/c1-4-23-21(17-20-11-9-18(2)10-12-20)25(29-19(3)28-23)31-13-15-32(16-14-31)26(33)30-24-8-6-5-7-22(24)27/h5-12H,4,13-17H2,1-3H3,(H,30,33). The van der Waals surface area contributed by atoms with Crippen molar-refractivity contribution in [2.45, 2.75) is 33.6 Å². The Balaban J connectivity index is 1.50. The molecule has 1 aliphatic heterocycles. The van der Waals surface area contributed by atoms with Crippen LogP contribution in [-0.2, 0) is 12.8 Å². The smallest absolute Gasteiger partial charge is 0.321 e. The van der Waals surface area contributed by atoms with Gasteiger partial charge in [0.15, 0.2) is 0 Å². The first kappa shape index (κ1) is 23.2. The molecule has 1 N–H and O–H groups in total. The summed E-state index contributed by atoms with van der Waals surface area (Å²) in [6, 6.07) is 16.3. The van der Waals surface area contributed by atoms with Crippen molar-refractivity contribution in [3.8, 4) is 0 Å². The van der Waals surface area contributed by atoms with Crippen LogP contribution in [0.4, 0.5) is 16.3 Å². The lowest BCUT2D eigenvalue weighted by Gasteiger charge is -2.36. The van der Waals surface area contributed by atoms with Gasteiger partial charge in [-0.1, -0.05) is 48.9 Å². The maximum absolute atomic E-state index is 12.8. The quantitative estimate of drug-likeness (QED) is 0.504. The third-order valence-electron chi connectivity index (χ3n) is 6.00. The zero-order valence-corrected chi connectivity index (χ0v) is 21.0. The Kier molecular flexibility index (Phi) is 7.28. The van der Waals surface area contributed by atoms with E-state index in [-0.39, 0.29) is 6.03 Å². The van der Waals surface area contributed by atoms with E-state index in [0.717, 1.165) is 53.4 Å². The Bertz CT molecular complexity index is 1120. The fourth-order valence-electron chi connectivity index (χ4n) is 4.16. The van der Waals surface area contributed by atoms with Crippen LogP contribution in [0, 0.1) is 13.8 Å². The Morgan fingerprint density at radius 1 is 1.00 bits per heavy atom. The van der Waals surface area contributed by atoms with Crippen LogP contribution >= 0.6 is 15.9 Å². The highest BCUT2D eigenvalue weighted by molar-refractivity contribution is 9.10. The topological polar surface area (TPSA) is 61.4 Å². The van der Waals surface area contributed by atoms with Crippen molar-refractivity contribution in [2.24, 2.45) is 0 Å². The number of aromatic nitrogens is 2. The molecule has 3 aromatic rings. The second-order valence-electron chi connectivity index (χ2n) is 8.42. The van der Waals surface area contributed by atoms with Crippen LogP contribution in [0.1, 0.15) is 35.1 Å². The number of hydrogen-bond acceptors (Lipinski definition) is 4. The highest BCUT2D eigenvalue weighted by atomic mass is 79.9. The molecule has 0 saturated carbocycles. The van der Waals surface area contributed by atoms with Gasteiger partial charge in [-0.2, -0.15) is 0 Å². The van der Waals surface area contributed by atoms with Gasteiger partial charge in [0.1, 0.15) is 11.6 Å². The molecule has 33 heavy (non-hydrogen) atoms. The number of halogens is 1. The summed E-state index contributed by atoms with van der Waals surface area (Å²) in [4.78, 5) is 26.6. The SMILES string of the molecule is CCc1nc(C)nc(N2CCN(C(=O)Nc3ccccc3Br)CC2)c1Cc1ccc(C)cc1. The number of piperazine rings is 1. The van der Waals surface area contributed by atoms with Gasteiger partial charge in [0.25, 0.3) is 0 Å². The lowest BCUT2D eigenvalue weighted by Crippen LogP contribution is -2.50. The first-order valence-electron chi connectivity index (χ1n) is 11.4. The van der Waals surface area contributed by atoms with E-state index in [4.69, 9.17) is 9.97 Å². The van der Waals surface area contributed by atoms with Crippen molar-refractivity contribution < 1.29 is 4.79 Å². The third-order valence-corrected chi connectivity index (χ3v) is 6.69. The average Bonchev–Trinajstić information content (AvgIpc) is 2.82. The van der Waals surface area contributed by atoms with E-state index in [1.54, 1.807) is 0 Å². The molecular weight excluding hydrogens is 478 g/mol. The van der Waals surface area contributed by atoms with Crippen molar-refractivity contribution in [1.82, 2.24) is 14.9 Å². The summed E-state index contributed by atoms with van der Waals surface area (Å²) in [5.41, 5.74) is 5.59. The minimum Gasteiger partial charge on any atom is -0.353 e. The largest absolute Gasteiger partial charge is 0.353 e. The van der Waals surface area contributed by atoms with Crippen molar-refractivity contribution >= 4 is 33.5 Å². The predicted octanol–water partition coefficient (Wildman–Crippen LogP) is 5.36. The van der Waals surface area contributed by atoms with Gasteiger partial charge in [-0.15, -0.1) is 0 Å². The lowest BCUT2D eigenvalue weighted by molar-refractivity contribution is 0.208. The summed E-state index contributed by atoms with van der Waals surface area (Å²) in [5.74, 6) is 1.80. The molecule has 1 aromatic heterocycles. The molecule has 2 amide bonds. The summed E-state index contributed by atoms with van der Waals surface area (Å²) < 4.78 is 0.876. The van der Waals surface area contributed by atoms with Gasteiger partial charge in [0.2, 0.25) is 0 Å².